The fourth-order valence-corrected chi connectivity index (χ4v) is 8.07. The highest BCUT2D eigenvalue weighted by atomic mass is 16.2. The molecule has 9 nitrogen and oxygen atoms in total. The van der Waals surface area contributed by atoms with Gasteiger partial charge in [0.05, 0.1) is 11.0 Å². The molecule has 0 aliphatic rings. The number of nitrogens with zero attached hydrogens (tertiary/aromatic N) is 8. The van der Waals surface area contributed by atoms with E-state index in [2.05, 4.69) is 137 Å². The number of aryl methyl sites for hydroxylation is 2. The zero-order chi connectivity index (χ0) is 38.8. The smallest absolute Gasteiger partial charge is 0.263 e. The average Bonchev–Trinajstić information content (AvgIpc) is 4.05. The van der Waals surface area contributed by atoms with E-state index in [4.69, 9.17) is 15.3 Å². The Morgan fingerprint density at radius 3 is 1.93 bits per heavy atom. The number of carbonyl (C=O) groups excluding carboxylic acids is 1. The second kappa shape index (κ2) is 15.1. The highest BCUT2D eigenvalue weighted by Gasteiger charge is 2.42. The van der Waals surface area contributed by atoms with Crippen molar-refractivity contribution in [1.82, 2.24) is 39.3 Å². The van der Waals surface area contributed by atoms with E-state index in [1.807, 2.05) is 48.0 Å². The van der Waals surface area contributed by atoms with Gasteiger partial charge in [-0.05, 0) is 74.8 Å². The van der Waals surface area contributed by atoms with Crippen LogP contribution in [0.3, 0.4) is 0 Å². The van der Waals surface area contributed by atoms with E-state index in [0.29, 0.717) is 17.9 Å². The predicted octanol–water partition coefficient (Wildman–Crippen LogP) is 9.39. The van der Waals surface area contributed by atoms with Crippen LogP contribution < -0.4 is 0 Å². The summed E-state index contributed by atoms with van der Waals surface area (Å²) in [5, 5.41) is 13.9. The van der Waals surface area contributed by atoms with Gasteiger partial charge in [-0.3, -0.25) is 9.36 Å². The van der Waals surface area contributed by atoms with Crippen molar-refractivity contribution in [3.05, 3.63) is 210 Å². The Labute approximate surface area is 330 Å². The molecule has 278 valence electrons. The van der Waals surface area contributed by atoms with Gasteiger partial charge in [0, 0.05) is 36.5 Å². The van der Waals surface area contributed by atoms with Gasteiger partial charge in [0.25, 0.3) is 5.91 Å². The zero-order valence-electron chi connectivity index (χ0n) is 31.8. The molecule has 6 aromatic carbocycles. The normalized spacial score (nSPS) is 11.6. The molecule has 0 unspecified atom stereocenters. The van der Waals surface area contributed by atoms with Crippen LogP contribution in [0.5, 0.6) is 0 Å². The first kappa shape index (κ1) is 35.4. The molecule has 9 aromatic rings. The molecule has 0 aliphatic heterocycles. The van der Waals surface area contributed by atoms with Crippen molar-refractivity contribution in [3.8, 4) is 22.5 Å². The third-order valence-electron chi connectivity index (χ3n) is 10.7. The first-order valence-corrected chi connectivity index (χ1v) is 19.2. The molecule has 3 heterocycles. The van der Waals surface area contributed by atoms with Crippen LogP contribution in [0.2, 0.25) is 0 Å². The number of hydrogen-bond acceptors (Lipinski definition) is 6. The van der Waals surface area contributed by atoms with E-state index in [1.54, 1.807) is 12.4 Å². The van der Waals surface area contributed by atoms with Crippen molar-refractivity contribution < 1.29 is 4.79 Å². The fraction of sp³-hybridized carbons (Fsp3) is 0.125. The van der Waals surface area contributed by atoms with E-state index < -0.39 is 5.54 Å². The summed E-state index contributed by atoms with van der Waals surface area (Å²) < 4.78 is 5.74. The predicted molar refractivity (Wildman–Crippen MR) is 223 cm³/mol. The average molecular weight is 745 g/mol. The standard InChI is InChI=1S/C48H40N8O/c1-3-15-44-50-45-34(2)30-37(47(57)54-29-28-49-33-54)31-43(45)55(44)32-35-24-26-36(27-25-35)41-22-13-14-23-42(41)46-51-52-53-56(46)48(38-16-7-4-8-17-38,39-18-9-5-10-19-39)40-20-11-6-12-21-40/h4-14,16-31,33H,3,15,32H2,1-2H3. The molecule has 0 amide bonds. The van der Waals surface area contributed by atoms with Gasteiger partial charge < -0.3 is 4.57 Å². The fourth-order valence-electron chi connectivity index (χ4n) is 8.07. The van der Waals surface area contributed by atoms with Crippen molar-refractivity contribution in [2.24, 2.45) is 0 Å². The van der Waals surface area contributed by atoms with Crippen LogP contribution in [0.25, 0.3) is 33.5 Å². The van der Waals surface area contributed by atoms with Crippen molar-refractivity contribution >= 4 is 16.9 Å². The Morgan fingerprint density at radius 1 is 0.719 bits per heavy atom. The van der Waals surface area contributed by atoms with E-state index in [1.165, 1.54) is 10.9 Å². The molecular weight excluding hydrogens is 705 g/mol. The molecule has 9 heteroatoms. The second-order valence-corrected chi connectivity index (χ2v) is 14.3. The summed E-state index contributed by atoms with van der Waals surface area (Å²) in [6, 6.07) is 52.2. The first-order valence-electron chi connectivity index (χ1n) is 19.2. The first-order chi connectivity index (χ1) is 28.1. The van der Waals surface area contributed by atoms with Crippen LogP contribution in [-0.2, 0) is 18.5 Å². The monoisotopic (exact) mass is 744 g/mol. The molecule has 0 fully saturated rings. The molecule has 9 rings (SSSR count). The van der Waals surface area contributed by atoms with E-state index in [-0.39, 0.29) is 5.91 Å². The minimum Gasteiger partial charge on any atom is -0.323 e. The van der Waals surface area contributed by atoms with E-state index in [9.17, 15) is 4.79 Å². The van der Waals surface area contributed by atoms with Crippen LogP contribution in [0.1, 0.15) is 57.3 Å². The van der Waals surface area contributed by atoms with Gasteiger partial charge in [0.15, 0.2) is 5.82 Å². The third kappa shape index (κ3) is 6.33. The number of fused-ring (bicyclic) bond motifs is 1. The Hall–Kier alpha value is -7.26. The number of hydrogen-bond donors (Lipinski definition) is 0. The minimum atomic E-state index is -0.870. The van der Waals surface area contributed by atoms with Crippen LogP contribution in [0.15, 0.2) is 170 Å². The third-order valence-corrected chi connectivity index (χ3v) is 10.7. The lowest BCUT2D eigenvalue weighted by molar-refractivity contribution is 0.0959. The molecule has 0 radical (unpaired) electrons. The van der Waals surface area contributed by atoms with Crippen LogP contribution in [-0.4, -0.2) is 45.2 Å². The quantitative estimate of drug-likeness (QED) is 0.123. The maximum atomic E-state index is 13.4. The Balaban J connectivity index is 1.12. The molecule has 57 heavy (non-hydrogen) atoms. The SMILES string of the molecule is CCCc1nc2c(C)cc(C(=O)n3ccnc3)cc2n1Cc1ccc(-c2ccccc2-c2nnnn2C(c2ccccc2)(c2ccccc2)c2ccccc2)cc1. The van der Waals surface area contributed by atoms with Crippen molar-refractivity contribution in [1.29, 1.82) is 0 Å². The molecule has 0 saturated carbocycles. The summed E-state index contributed by atoms with van der Waals surface area (Å²) in [5.41, 5.74) is 9.79. The number of aromatic nitrogens is 8. The lowest BCUT2D eigenvalue weighted by Crippen LogP contribution is -2.39. The molecule has 0 bridgehead atoms. The number of imidazole rings is 2. The lowest BCUT2D eigenvalue weighted by atomic mass is 9.77. The molecule has 0 aliphatic carbocycles. The van der Waals surface area contributed by atoms with Crippen LogP contribution >= 0.6 is 0 Å². The zero-order valence-corrected chi connectivity index (χ0v) is 31.8. The lowest BCUT2D eigenvalue weighted by Gasteiger charge is -2.36. The van der Waals surface area contributed by atoms with Gasteiger partial charge in [-0.2, -0.15) is 0 Å². The number of tetrazole rings is 1. The van der Waals surface area contributed by atoms with Crippen LogP contribution in [0.4, 0.5) is 0 Å². The van der Waals surface area contributed by atoms with Gasteiger partial charge in [-0.1, -0.05) is 146 Å². The number of carbonyl (C=O) groups is 1. The highest BCUT2D eigenvalue weighted by molar-refractivity contribution is 5.99. The number of rotatable bonds is 11. The Morgan fingerprint density at radius 2 is 1.33 bits per heavy atom. The molecule has 0 saturated heterocycles. The van der Waals surface area contributed by atoms with Gasteiger partial charge in [-0.15, -0.1) is 5.10 Å². The van der Waals surface area contributed by atoms with Crippen molar-refractivity contribution in [2.45, 2.75) is 38.8 Å². The van der Waals surface area contributed by atoms with Crippen molar-refractivity contribution in [3.63, 3.8) is 0 Å². The van der Waals surface area contributed by atoms with Gasteiger partial charge in [0.2, 0.25) is 0 Å². The topological polar surface area (TPSA) is 96.3 Å². The molecule has 0 N–H and O–H groups in total. The second-order valence-electron chi connectivity index (χ2n) is 14.3. The maximum Gasteiger partial charge on any atom is 0.263 e. The summed E-state index contributed by atoms with van der Waals surface area (Å²) in [6.45, 7) is 4.80. The Kier molecular flexibility index (Phi) is 9.40. The van der Waals surface area contributed by atoms with Crippen molar-refractivity contribution in [2.75, 3.05) is 0 Å². The molecule has 0 atom stereocenters. The van der Waals surface area contributed by atoms with E-state index >= 15 is 0 Å². The minimum absolute atomic E-state index is 0.120. The highest BCUT2D eigenvalue weighted by Crippen LogP contribution is 2.43. The largest absolute Gasteiger partial charge is 0.323 e. The summed E-state index contributed by atoms with van der Waals surface area (Å²) in [6.07, 6.45) is 6.61. The maximum absolute atomic E-state index is 13.4. The van der Waals surface area contributed by atoms with E-state index in [0.717, 1.165) is 74.2 Å². The summed E-state index contributed by atoms with van der Waals surface area (Å²) in [7, 11) is 0. The molecular formula is C48H40N8O. The summed E-state index contributed by atoms with van der Waals surface area (Å²) >= 11 is 0. The summed E-state index contributed by atoms with van der Waals surface area (Å²) in [5.74, 6) is 1.53. The van der Waals surface area contributed by atoms with Gasteiger partial charge in [-0.25, -0.2) is 14.6 Å². The van der Waals surface area contributed by atoms with Gasteiger partial charge in [0.1, 0.15) is 17.7 Å². The van der Waals surface area contributed by atoms with Crippen LogP contribution in [0, 0.1) is 6.92 Å². The number of benzene rings is 6. The molecule has 3 aromatic heterocycles. The summed E-state index contributed by atoms with van der Waals surface area (Å²) in [4.78, 5) is 22.5. The molecule has 0 spiro atoms. The Bertz CT molecular complexity index is 2690. The van der Waals surface area contributed by atoms with Gasteiger partial charge >= 0.3 is 0 Å².